The Morgan fingerprint density at radius 1 is 0.909 bits per heavy atom. The zero-order chi connectivity index (χ0) is 23.6. The smallest absolute Gasteiger partial charge is 0.253 e. The standard InChI is InChI=1S/C26H28N2O4S/c1-18-8-11-20(12-9-18)33-17-25(29)28-22-7-5-4-6-21(22)26(30)27-15-14-19-10-13-23(31-2)24(16-19)32-3/h4-13,16H,14-15,17H2,1-3H3,(H,27,30)(H,28,29). The summed E-state index contributed by atoms with van der Waals surface area (Å²) in [6.07, 6.45) is 0.633. The van der Waals surface area contributed by atoms with Gasteiger partial charge in [0.25, 0.3) is 5.91 Å². The number of nitrogens with one attached hydrogen (secondary N) is 2. The second kappa shape index (κ2) is 12.0. The van der Waals surface area contributed by atoms with Crippen LogP contribution in [0.15, 0.2) is 71.6 Å². The van der Waals surface area contributed by atoms with Gasteiger partial charge in [-0.05, 0) is 55.3 Å². The van der Waals surface area contributed by atoms with E-state index in [-0.39, 0.29) is 17.6 Å². The highest BCUT2D eigenvalue weighted by Crippen LogP contribution is 2.27. The predicted octanol–water partition coefficient (Wildman–Crippen LogP) is 4.72. The number of amides is 2. The molecule has 33 heavy (non-hydrogen) atoms. The number of carbonyl (C=O) groups is 2. The van der Waals surface area contributed by atoms with Crippen molar-refractivity contribution in [3.8, 4) is 11.5 Å². The van der Waals surface area contributed by atoms with E-state index in [0.29, 0.717) is 35.7 Å². The molecule has 7 heteroatoms. The average Bonchev–Trinajstić information content (AvgIpc) is 2.83. The molecule has 0 spiro atoms. The highest BCUT2D eigenvalue weighted by atomic mass is 32.2. The van der Waals surface area contributed by atoms with Gasteiger partial charge in [0.15, 0.2) is 11.5 Å². The number of hydrogen-bond acceptors (Lipinski definition) is 5. The fraction of sp³-hybridized carbons (Fsp3) is 0.231. The van der Waals surface area contributed by atoms with Crippen LogP contribution in [0.4, 0.5) is 5.69 Å². The lowest BCUT2D eigenvalue weighted by molar-refractivity contribution is -0.113. The van der Waals surface area contributed by atoms with Crippen LogP contribution in [0.1, 0.15) is 21.5 Å². The van der Waals surface area contributed by atoms with Crippen LogP contribution in [0.5, 0.6) is 11.5 Å². The van der Waals surface area contributed by atoms with Crippen LogP contribution in [0, 0.1) is 6.92 Å². The number of methoxy groups -OCH3 is 2. The minimum atomic E-state index is -0.238. The Labute approximate surface area is 198 Å². The molecule has 0 unspecified atom stereocenters. The van der Waals surface area contributed by atoms with Gasteiger partial charge in [-0.3, -0.25) is 9.59 Å². The van der Waals surface area contributed by atoms with E-state index in [1.807, 2.05) is 49.4 Å². The monoisotopic (exact) mass is 464 g/mol. The average molecular weight is 465 g/mol. The Morgan fingerprint density at radius 2 is 1.64 bits per heavy atom. The number of carbonyl (C=O) groups excluding carboxylic acids is 2. The molecule has 3 aromatic rings. The molecule has 0 aliphatic heterocycles. The molecule has 2 N–H and O–H groups in total. The Bertz CT molecular complexity index is 1100. The van der Waals surface area contributed by atoms with E-state index in [0.717, 1.165) is 10.5 Å². The molecule has 0 fully saturated rings. The molecule has 0 heterocycles. The number of anilines is 1. The number of aryl methyl sites for hydroxylation is 1. The van der Waals surface area contributed by atoms with Gasteiger partial charge in [-0.15, -0.1) is 11.8 Å². The van der Waals surface area contributed by atoms with Crippen molar-refractivity contribution in [2.75, 3.05) is 31.8 Å². The summed E-state index contributed by atoms with van der Waals surface area (Å²) in [4.78, 5) is 26.2. The van der Waals surface area contributed by atoms with Gasteiger partial charge in [0.05, 0.1) is 31.2 Å². The summed E-state index contributed by atoms with van der Waals surface area (Å²) in [6, 6.07) is 20.7. The van der Waals surface area contributed by atoms with Gasteiger partial charge in [0.2, 0.25) is 5.91 Å². The van der Waals surface area contributed by atoms with Crippen LogP contribution < -0.4 is 20.1 Å². The van der Waals surface area contributed by atoms with Crippen molar-refractivity contribution in [1.82, 2.24) is 5.32 Å². The van der Waals surface area contributed by atoms with Crippen LogP contribution in [0.3, 0.4) is 0 Å². The molecule has 3 rings (SSSR count). The summed E-state index contributed by atoms with van der Waals surface area (Å²) in [6.45, 7) is 2.47. The number of rotatable bonds is 10. The lowest BCUT2D eigenvalue weighted by Gasteiger charge is -2.12. The Kier molecular flexibility index (Phi) is 8.78. The second-order valence-corrected chi connectivity index (χ2v) is 8.44. The fourth-order valence-electron chi connectivity index (χ4n) is 3.21. The molecule has 3 aromatic carbocycles. The number of thioether (sulfide) groups is 1. The Morgan fingerprint density at radius 3 is 2.36 bits per heavy atom. The third-order valence-corrected chi connectivity index (χ3v) is 6.00. The van der Waals surface area contributed by atoms with Gasteiger partial charge in [-0.25, -0.2) is 0 Å². The van der Waals surface area contributed by atoms with E-state index < -0.39 is 0 Å². The third kappa shape index (κ3) is 7.02. The topological polar surface area (TPSA) is 76.7 Å². The first-order valence-corrected chi connectivity index (χ1v) is 11.6. The molecular weight excluding hydrogens is 436 g/mol. The van der Waals surface area contributed by atoms with Crippen LogP contribution >= 0.6 is 11.8 Å². The molecule has 0 saturated heterocycles. The van der Waals surface area contributed by atoms with Crippen LogP contribution in [0.25, 0.3) is 0 Å². The summed E-state index contributed by atoms with van der Waals surface area (Å²) in [5.74, 6) is 1.18. The molecule has 0 aliphatic rings. The SMILES string of the molecule is COc1ccc(CCNC(=O)c2ccccc2NC(=O)CSc2ccc(C)cc2)cc1OC. The van der Waals surface area contributed by atoms with Gasteiger partial charge in [-0.2, -0.15) is 0 Å². The molecule has 0 radical (unpaired) electrons. The summed E-state index contributed by atoms with van der Waals surface area (Å²) < 4.78 is 10.6. The number of benzene rings is 3. The Hall–Kier alpha value is -3.45. The van der Waals surface area contributed by atoms with Gasteiger partial charge >= 0.3 is 0 Å². The van der Waals surface area contributed by atoms with Gasteiger partial charge in [0.1, 0.15) is 0 Å². The third-order valence-electron chi connectivity index (χ3n) is 4.98. The summed E-state index contributed by atoms with van der Waals surface area (Å²) in [7, 11) is 3.18. The first-order valence-electron chi connectivity index (χ1n) is 10.6. The van der Waals surface area contributed by atoms with Crippen LogP contribution in [-0.2, 0) is 11.2 Å². The molecule has 0 atom stereocenters. The van der Waals surface area contributed by atoms with E-state index in [1.54, 1.807) is 38.5 Å². The highest BCUT2D eigenvalue weighted by Gasteiger charge is 2.13. The van der Waals surface area contributed by atoms with E-state index in [1.165, 1.54) is 17.3 Å². The lowest BCUT2D eigenvalue weighted by Crippen LogP contribution is -2.27. The zero-order valence-corrected chi connectivity index (χ0v) is 19.8. The number of ether oxygens (including phenoxy) is 2. The van der Waals surface area contributed by atoms with Crippen molar-refractivity contribution in [1.29, 1.82) is 0 Å². The minimum absolute atomic E-state index is 0.161. The molecule has 0 bridgehead atoms. The van der Waals surface area contributed by atoms with Crippen molar-refractivity contribution in [2.24, 2.45) is 0 Å². The molecule has 0 aliphatic carbocycles. The van der Waals surface area contributed by atoms with Gasteiger partial charge in [0, 0.05) is 11.4 Å². The largest absolute Gasteiger partial charge is 0.493 e. The Balaban J connectivity index is 1.55. The summed E-state index contributed by atoms with van der Waals surface area (Å²) in [5, 5.41) is 5.78. The van der Waals surface area contributed by atoms with E-state index in [4.69, 9.17) is 9.47 Å². The van der Waals surface area contributed by atoms with E-state index >= 15 is 0 Å². The first-order chi connectivity index (χ1) is 16.0. The van der Waals surface area contributed by atoms with Crippen molar-refractivity contribution in [3.63, 3.8) is 0 Å². The van der Waals surface area contributed by atoms with Crippen molar-refractivity contribution in [2.45, 2.75) is 18.2 Å². The molecular formula is C26H28N2O4S. The molecule has 0 aromatic heterocycles. The normalized spacial score (nSPS) is 10.4. The molecule has 6 nitrogen and oxygen atoms in total. The maximum absolute atomic E-state index is 12.8. The van der Waals surface area contributed by atoms with Crippen molar-refractivity contribution in [3.05, 3.63) is 83.4 Å². The number of para-hydroxylation sites is 1. The van der Waals surface area contributed by atoms with Crippen LogP contribution in [0.2, 0.25) is 0 Å². The molecule has 2 amide bonds. The fourth-order valence-corrected chi connectivity index (χ4v) is 3.91. The maximum Gasteiger partial charge on any atom is 0.253 e. The van der Waals surface area contributed by atoms with Gasteiger partial charge < -0.3 is 20.1 Å². The quantitative estimate of drug-likeness (QED) is 0.425. The predicted molar refractivity (Wildman–Crippen MR) is 133 cm³/mol. The van der Waals surface area contributed by atoms with Crippen molar-refractivity contribution < 1.29 is 19.1 Å². The lowest BCUT2D eigenvalue weighted by atomic mass is 10.1. The van der Waals surface area contributed by atoms with E-state index in [9.17, 15) is 9.59 Å². The number of hydrogen-bond donors (Lipinski definition) is 2. The van der Waals surface area contributed by atoms with E-state index in [2.05, 4.69) is 10.6 Å². The second-order valence-electron chi connectivity index (χ2n) is 7.39. The summed E-state index contributed by atoms with van der Waals surface area (Å²) in [5.41, 5.74) is 3.12. The summed E-state index contributed by atoms with van der Waals surface area (Å²) >= 11 is 1.46. The molecule has 0 saturated carbocycles. The first kappa shape index (κ1) is 24.2. The van der Waals surface area contributed by atoms with Crippen molar-refractivity contribution >= 4 is 29.3 Å². The highest BCUT2D eigenvalue weighted by molar-refractivity contribution is 8.00. The molecule has 172 valence electrons. The maximum atomic E-state index is 12.8. The zero-order valence-electron chi connectivity index (χ0n) is 19.0. The minimum Gasteiger partial charge on any atom is -0.493 e. The van der Waals surface area contributed by atoms with Gasteiger partial charge in [-0.1, -0.05) is 35.9 Å². The van der Waals surface area contributed by atoms with Crippen LogP contribution in [-0.4, -0.2) is 38.3 Å².